The minimum atomic E-state index is 0.644. The molecule has 1 aromatic carbocycles. The van der Waals surface area contributed by atoms with Crippen molar-refractivity contribution in [3.8, 4) is 5.75 Å². The third-order valence-electron chi connectivity index (χ3n) is 1.53. The zero-order valence-electron chi connectivity index (χ0n) is 7.17. The van der Waals surface area contributed by atoms with Crippen LogP contribution in [0.2, 0.25) is 5.02 Å². The fourth-order valence-electron chi connectivity index (χ4n) is 0.972. The monoisotopic (exact) mass is 182 g/mol. The average molecular weight is 183 g/mol. The third-order valence-corrected chi connectivity index (χ3v) is 1.85. The van der Waals surface area contributed by atoms with Gasteiger partial charge in [0.25, 0.3) is 0 Å². The van der Waals surface area contributed by atoms with Gasteiger partial charge in [-0.2, -0.15) is 0 Å². The van der Waals surface area contributed by atoms with Crippen molar-refractivity contribution in [3.63, 3.8) is 0 Å². The minimum Gasteiger partial charge on any atom is -0.495 e. The number of methoxy groups -OCH3 is 1. The van der Waals surface area contributed by atoms with Crippen LogP contribution in [0, 0.1) is 0 Å². The van der Waals surface area contributed by atoms with Crippen molar-refractivity contribution in [1.82, 2.24) is 0 Å². The van der Waals surface area contributed by atoms with E-state index in [9.17, 15) is 0 Å². The van der Waals surface area contributed by atoms with Crippen molar-refractivity contribution in [2.45, 2.75) is 6.92 Å². The molecule has 0 aromatic heterocycles. The molecular weight excluding hydrogens is 172 g/mol. The van der Waals surface area contributed by atoms with Crippen LogP contribution < -0.4 is 4.74 Å². The molecule has 0 saturated heterocycles. The van der Waals surface area contributed by atoms with Crippen LogP contribution in [-0.2, 0) is 0 Å². The van der Waals surface area contributed by atoms with Gasteiger partial charge in [-0.05, 0) is 24.6 Å². The first-order valence-corrected chi connectivity index (χ1v) is 4.12. The first kappa shape index (κ1) is 9.14. The fourth-order valence-corrected chi connectivity index (χ4v) is 1.17. The minimum absolute atomic E-state index is 0.644. The number of ether oxygens (including phenoxy) is 1. The maximum absolute atomic E-state index is 5.85. The molecule has 1 aromatic rings. The number of rotatable bonds is 2. The zero-order chi connectivity index (χ0) is 8.97. The van der Waals surface area contributed by atoms with Crippen molar-refractivity contribution in [3.05, 3.63) is 34.9 Å². The van der Waals surface area contributed by atoms with E-state index in [2.05, 4.69) is 0 Å². The summed E-state index contributed by atoms with van der Waals surface area (Å²) in [5.74, 6) is 0.715. The molecule has 64 valence electrons. The van der Waals surface area contributed by atoms with Gasteiger partial charge in [-0.25, -0.2) is 0 Å². The molecule has 0 amide bonds. The Morgan fingerprint density at radius 3 is 2.75 bits per heavy atom. The van der Waals surface area contributed by atoms with Gasteiger partial charge in [0, 0.05) is 0 Å². The van der Waals surface area contributed by atoms with Crippen LogP contribution in [0.25, 0.3) is 6.08 Å². The summed E-state index contributed by atoms with van der Waals surface area (Å²) >= 11 is 5.85. The second-order valence-corrected chi connectivity index (χ2v) is 2.80. The molecule has 0 saturated carbocycles. The van der Waals surface area contributed by atoms with Crippen LogP contribution in [-0.4, -0.2) is 7.11 Å². The Kier molecular flexibility index (Phi) is 3.18. The van der Waals surface area contributed by atoms with E-state index < -0.39 is 0 Å². The largest absolute Gasteiger partial charge is 0.495 e. The van der Waals surface area contributed by atoms with Crippen molar-refractivity contribution < 1.29 is 4.74 Å². The van der Waals surface area contributed by atoms with Crippen LogP contribution in [0.1, 0.15) is 12.5 Å². The Bertz CT molecular complexity index is 292. The smallest absolute Gasteiger partial charge is 0.138 e. The van der Waals surface area contributed by atoms with Gasteiger partial charge in [-0.15, -0.1) is 0 Å². The predicted molar refractivity (Wildman–Crippen MR) is 52.7 cm³/mol. The zero-order valence-corrected chi connectivity index (χ0v) is 7.93. The Balaban J connectivity index is 3.05. The van der Waals surface area contributed by atoms with Crippen LogP contribution in [0.4, 0.5) is 0 Å². The molecule has 0 spiro atoms. The summed E-state index contributed by atoms with van der Waals surface area (Å²) in [6.07, 6.45) is 3.97. The summed E-state index contributed by atoms with van der Waals surface area (Å²) < 4.78 is 5.07. The Morgan fingerprint density at radius 2 is 2.17 bits per heavy atom. The lowest BCUT2D eigenvalue weighted by Crippen LogP contribution is -1.84. The van der Waals surface area contributed by atoms with Crippen LogP contribution in [0.5, 0.6) is 5.75 Å². The summed E-state index contributed by atoms with van der Waals surface area (Å²) in [4.78, 5) is 0. The van der Waals surface area contributed by atoms with E-state index >= 15 is 0 Å². The molecule has 0 unspecified atom stereocenters. The van der Waals surface area contributed by atoms with Gasteiger partial charge in [0.2, 0.25) is 0 Å². The molecule has 0 bridgehead atoms. The molecule has 1 nitrogen and oxygen atoms in total. The summed E-state index contributed by atoms with van der Waals surface area (Å²) in [6.45, 7) is 1.97. The normalized spacial score (nSPS) is 10.6. The summed E-state index contributed by atoms with van der Waals surface area (Å²) in [5.41, 5.74) is 1.10. The summed E-state index contributed by atoms with van der Waals surface area (Å²) in [7, 11) is 1.61. The maximum atomic E-state index is 5.85. The predicted octanol–water partition coefficient (Wildman–Crippen LogP) is 3.38. The van der Waals surface area contributed by atoms with Crippen molar-refractivity contribution in [1.29, 1.82) is 0 Å². The first-order valence-electron chi connectivity index (χ1n) is 3.74. The van der Waals surface area contributed by atoms with Crippen molar-refractivity contribution in [2.75, 3.05) is 7.11 Å². The molecule has 2 heteroatoms. The molecule has 0 N–H and O–H groups in total. The molecule has 0 aliphatic carbocycles. The van der Waals surface area contributed by atoms with Gasteiger partial charge in [-0.3, -0.25) is 0 Å². The van der Waals surface area contributed by atoms with E-state index in [0.29, 0.717) is 10.8 Å². The number of hydrogen-bond donors (Lipinski definition) is 0. The molecule has 0 heterocycles. The highest BCUT2D eigenvalue weighted by molar-refractivity contribution is 6.32. The third kappa shape index (κ3) is 2.02. The van der Waals surface area contributed by atoms with Crippen LogP contribution in [0.3, 0.4) is 0 Å². The molecular formula is C10H11ClO. The quantitative estimate of drug-likeness (QED) is 0.682. The van der Waals surface area contributed by atoms with Gasteiger partial charge >= 0.3 is 0 Å². The second-order valence-electron chi connectivity index (χ2n) is 2.39. The van der Waals surface area contributed by atoms with Crippen molar-refractivity contribution >= 4 is 17.7 Å². The van der Waals surface area contributed by atoms with Gasteiger partial charge in [0.05, 0.1) is 12.1 Å². The topological polar surface area (TPSA) is 9.23 Å². The van der Waals surface area contributed by atoms with E-state index in [1.165, 1.54) is 0 Å². The first-order chi connectivity index (χ1) is 5.77. The Labute approximate surface area is 77.6 Å². The highest BCUT2D eigenvalue weighted by Gasteiger charge is 1.98. The summed E-state index contributed by atoms with van der Waals surface area (Å²) in [5, 5.41) is 0.644. The van der Waals surface area contributed by atoms with E-state index in [1.54, 1.807) is 7.11 Å². The highest BCUT2D eigenvalue weighted by atomic mass is 35.5. The van der Waals surface area contributed by atoms with Gasteiger partial charge in [0.15, 0.2) is 0 Å². The van der Waals surface area contributed by atoms with E-state index in [4.69, 9.17) is 16.3 Å². The highest BCUT2D eigenvalue weighted by Crippen LogP contribution is 2.25. The van der Waals surface area contributed by atoms with Crippen molar-refractivity contribution in [2.24, 2.45) is 0 Å². The standard InChI is InChI=1S/C10H11ClO/c1-3-4-8-5-6-9(11)10(7-8)12-2/h3-7H,1-2H3/b4-3+. The Morgan fingerprint density at radius 1 is 1.42 bits per heavy atom. The number of hydrogen-bond acceptors (Lipinski definition) is 1. The fraction of sp³-hybridized carbons (Fsp3) is 0.200. The van der Waals surface area contributed by atoms with Gasteiger partial charge in [-0.1, -0.05) is 29.8 Å². The lowest BCUT2D eigenvalue weighted by Gasteiger charge is -2.02. The molecule has 1 rings (SSSR count). The molecule has 0 atom stereocenters. The maximum Gasteiger partial charge on any atom is 0.138 e. The number of benzene rings is 1. The molecule has 12 heavy (non-hydrogen) atoms. The molecule has 0 aliphatic heterocycles. The van der Waals surface area contributed by atoms with Gasteiger partial charge in [0.1, 0.15) is 5.75 Å². The second kappa shape index (κ2) is 4.17. The van der Waals surface area contributed by atoms with E-state index in [0.717, 1.165) is 5.56 Å². The lowest BCUT2D eigenvalue weighted by molar-refractivity contribution is 0.415. The molecule has 0 radical (unpaired) electrons. The van der Waals surface area contributed by atoms with E-state index in [-0.39, 0.29) is 0 Å². The average Bonchev–Trinajstić information content (AvgIpc) is 2.09. The molecule has 0 aliphatic rings. The van der Waals surface area contributed by atoms with E-state index in [1.807, 2.05) is 37.3 Å². The van der Waals surface area contributed by atoms with Crippen LogP contribution in [0.15, 0.2) is 24.3 Å². The summed E-state index contributed by atoms with van der Waals surface area (Å²) in [6, 6.07) is 5.68. The van der Waals surface area contributed by atoms with Crippen LogP contribution >= 0.6 is 11.6 Å². The molecule has 0 fully saturated rings. The lowest BCUT2D eigenvalue weighted by atomic mass is 10.2. The SMILES string of the molecule is C/C=C/c1ccc(Cl)c(OC)c1. The number of halogens is 1. The van der Waals surface area contributed by atoms with Gasteiger partial charge < -0.3 is 4.74 Å². The number of allylic oxidation sites excluding steroid dienone is 1. The Hall–Kier alpha value is -0.950.